The Balaban J connectivity index is 2.28. The Morgan fingerprint density at radius 3 is 2.38 bits per heavy atom. The van der Waals surface area contributed by atoms with E-state index in [1.807, 2.05) is 43.3 Å². The second-order valence-electron chi connectivity index (χ2n) is 3.82. The van der Waals surface area contributed by atoms with Crippen molar-refractivity contribution < 1.29 is 0 Å². The van der Waals surface area contributed by atoms with Gasteiger partial charge in [0, 0.05) is 5.69 Å². The van der Waals surface area contributed by atoms with Crippen molar-refractivity contribution in [2.24, 2.45) is 0 Å². The molecule has 0 saturated carbocycles. The fraction of sp³-hybridized carbons (Fsp3) is 0.0667. The van der Waals surface area contributed by atoms with Crippen LogP contribution in [-0.4, -0.2) is 0 Å². The summed E-state index contributed by atoms with van der Waals surface area (Å²) in [6, 6.07) is 16.3. The number of hydrogen-bond acceptors (Lipinski definition) is 1. The number of nitrogen functional groups attached to an aromatic ring is 1. The third-order valence-corrected chi connectivity index (χ3v) is 2.61. The second-order valence-corrected chi connectivity index (χ2v) is 3.82. The molecular weight excluding hydrogens is 194 g/mol. The van der Waals surface area contributed by atoms with Gasteiger partial charge in [0.1, 0.15) is 0 Å². The van der Waals surface area contributed by atoms with E-state index in [2.05, 4.69) is 24.3 Å². The highest BCUT2D eigenvalue weighted by molar-refractivity contribution is 5.76. The van der Waals surface area contributed by atoms with Gasteiger partial charge in [0.25, 0.3) is 0 Å². The molecule has 2 aromatic rings. The van der Waals surface area contributed by atoms with Crippen molar-refractivity contribution in [3.05, 3.63) is 65.2 Å². The van der Waals surface area contributed by atoms with Gasteiger partial charge in [-0.3, -0.25) is 0 Å². The third-order valence-electron chi connectivity index (χ3n) is 2.61. The molecule has 0 aliphatic rings. The minimum absolute atomic E-state index is 0.856. The van der Waals surface area contributed by atoms with Crippen LogP contribution in [0, 0.1) is 6.92 Å². The van der Waals surface area contributed by atoms with Crippen molar-refractivity contribution in [3.8, 4) is 0 Å². The molecule has 80 valence electrons. The SMILES string of the molecule is Cc1cccc(/C=C\c2ccccc2)c1N. The maximum Gasteiger partial charge on any atom is 0.0417 e. The number of benzene rings is 2. The number of anilines is 1. The number of para-hydroxylation sites is 1. The van der Waals surface area contributed by atoms with Crippen molar-refractivity contribution in [3.63, 3.8) is 0 Å². The summed E-state index contributed by atoms with van der Waals surface area (Å²) in [5.41, 5.74) is 10.2. The first kappa shape index (κ1) is 10.5. The average molecular weight is 209 g/mol. The van der Waals surface area contributed by atoms with Crippen LogP contribution in [0.3, 0.4) is 0 Å². The normalized spacial score (nSPS) is 10.8. The highest BCUT2D eigenvalue weighted by atomic mass is 14.6. The van der Waals surface area contributed by atoms with Crippen LogP contribution in [0.25, 0.3) is 12.2 Å². The van der Waals surface area contributed by atoms with E-state index in [9.17, 15) is 0 Å². The van der Waals surface area contributed by atoms with E-state index in [1.165, 1.54) is 5.56 Å². The predicted octanol–water partition coefficient (Wildman–Crippen LogP) is 3.75. The molecular formula is C15H15N. The van der Waals surface area contributed by atoms with Crippen molar-refractivity contribution in [2.45, 2.75) is 6.92 Å². The van der Waals surface area contributed by atoms with Crippen molar-refractivity contribution in [2.75, 3.05) is 5.73 Å². The maximum atomic E-state index is 6.00. The van der Waals surface area contributed by atoms with Gasteiger partial charge in [-0.05, 0) is 23.6 Å². The zero-order valence-electron chi connectivity index (χ0n) is 9.35. The Hall–Kier alpha value is -2.02. The Morgan fingerprint density at radius 2 is 1.62 bits per heavy atom. The van der Waals surface area contributed by atoms with E-state index in [1.54, 1.807) is 0 Å². The lowest BCUT2D eigenvalue weighted by Crippen LogP contribution is -1.92. The lowest BCUT2D eigenvalue weighted by atomic mass is 10.1. The predicted molar refractivity (Wildman–Crippen MR) is 71.0 cm³/mol. The van der Waals surface area contributed by atoms with Gasteiger partial charge < -0.3 is 5.73 Å². The van der Waals surface area contributed by atoms with Gasteiger partial charge >= 0.3 is 0 Å². The van der Waals surface area contributed by atoms with E-state index in [0.29, 0.717) is 0 Å². The molecule has 0 fully saturated rings. The molecule has 0 aromatic heterocycles. The summed E-state index contributed by atoms with van der Waals surface area (Å²) in [5.74, 6) is 0. The molecule has 0 aliphatic carbocycles. The summed E-state index contributed by atoms with van der Waals surface area (Å²) in [6.45, 7) is 2.02. The van der Waals surface area contributed by atoms with Gasteiger partial charge in [0.15, 0.2) is 0 Å². The Morgan fingerprint density at radius 1 is 0.875 bits per heavy atom. The van der Waals surface area contributed by atoms with Crippen LogP contribution in [-0.2, 0) is 0 Å². The summed E-state index contributed by atoms with van der Waals surface area (Å²) >= 11 is 0. The molecule has 16 heavy (non-hydrogen) atoms. The number of aryl methyl sites for hydroxylation is 1. The molecule has 1 nitrogen and oxygen atoms in total. The zero-order chi connectivity index (χ0) is 11.4. The van der Waals surface area contributed by atoms with Crippen LogP contribution in [0.5, 0.6) is 0 Å². The number of hydrogen-bond donors (Lipinski definition) is 1. The van der Waals surface area contributed by atoms with E-state index in [0.717, 1.165) is 16.8 Å². The minimum Gasteiger partial charge on any atom is -0.398 e. The van der Waals surface area contributed by atoms with Gasteiger partial charge in [0.2, 0.25) is 0 Å². The summed E-state index contributed by atoms with van der Waals surface area (Å²) in [6.07, 6.45) is 4.13. The Bertz CT molecular complexity index is 498. The molecule has 2 N–H and O–H groups in total. The highest BCUT2D eigenvalue weighted by Gasteiger charge is 1.96. The smallest absolute Gasteiger partial charge is 0.0417 e. The van der Waals surface area contributed by atoms with Crippen LogP contribution in [0.2, 0.25) is 0 Å². The van der Waals surface area contributed by atoms with Crippen LogP contribution in [0.4, 0.5) is 5.69 Å². The molecule has 0 spiro atoms. The van der Waals surface area contributed by atoms with E-state index in [4.69, 9.17) is 5.73 Å². The summed E-state index contributed by atoms with van der Waals surface area (Å²) in [4.78, 5) is 0. The standard InChI is InChI=1S/C15H15N/c1-12-6-5-9-14(15(12)16)11-10-13-7-3-2-4-8-13/h2-11H,16H2,1H3/b11-10-. The minimum atomic E-state index is 0.856. The van der Waals surface area contributed by atoms with Gasteiger partial charge in [0.05, 0.1) is 0 Å². The average Bonchev–Trinajstić information content (AvgIpc) is 2.32. The first-order valence-electron chi connectivity index (χ1n) is 5.35. The monoisotopic (exact) mass is 209 g/mol. The van der Waals surface area contributed by atoms with Gasteiger partial charge in [-0.25, -0.2) is 0 Å². The largest absolute Gasteiger partial charge is 0.398 e. The summed E-state index contributed by atoms with van der Waals surface area (Å²) in [5, 5.41) is 0. The van der Waals surface area contributed by atoms with Gasteiger partial charge in [-0.2, -0.15) is 0 Å². The number of rotatable bonds is 2. The summed E-state index contributed by atoms with van der Waals surface area (Å²) in [7, 11) is 0. The van der Waals surface area contributed by atoms with E-state index >= 15 is 0 Å². The van der Waals surface area contributed by atoms with Gasteiger partial charge in [-0.1, -0.05) is 60.7 Å². The molecule has 0 amide bonds. The Kier molecular flexibility index (Phi) is 3.06. The molecule has 0 bridgehead atoms. The topological polar surface area (TPSA) is 26.0 Å². The van der Waals surface area contributed by atoms with E-state index < -0.39 is 0 Å². The van der Waals surface area contributed by atoms with Crippen LogP contribution in [0.15, 0.2) is 48.5 Å². The van der Waals surface area contributed by atoms with Crippen molar-refractivity contribution in [1.29, 1.82) is 0 Å². The molecule has 0 unspecified atom stereocenters. The fourth-order valence-electron chi connectivity index (χ4n) is 1.60. The quantitative estimate of drug-likeness (QED) is 0.591. The van der Waals surface area contributed by atoms with Crippen LogP contribution < -0.4 is 5.73 Å². The van der Waals surface area contributed by atoms with Crippen LogP contribution >= 0.6 is 0 Å². The molecule has 0 atom stereocenters. The molecule has 1 heteroatoms. The lowest BCUT2D eigenvalue weighted by molar-refractivity contribution is 1.46. The number of nitrogens with two attached hydrogens (primary N) is 1. The van der Waals surface area contributed by atoms with Gasteiger partial charge in [-0.15, -0.1) is 0 Å². The molecule has 0 heterocycles. The fourth-order valence-corrected chi connectivity index (χ4v) is 1.60. The molecule has 0 radical (unpaired) electrons. The van der Waals surface area contributed by atoms with E-state index in [-0.39, 0.29) is 0 Å². The van der Waals surface area contributed by atoms with Crippen LogP contribution in [0.1, 0.15) is 16.7 Å². The lowest BCUT2D eigenvalue weighted by Gasteiger charge is -2.03. The second kappa shape index (κ2) is 4.67. The first-order valence-corrected chi connectivity index (χ1v) is 5.35. The molecule has 0 saturated heterocycles. The summed E-state index contributed by atoms with van der Waals surface area (Å²) < 4.78 is 0. The third kappa shape index (κ3) is 2.31. The van der Waals surface area contributed by atoms with Crippen molar-refractivity contribution in [1.82, 2.24) is 0 Å². The Labute approximate surface area is 96.2 Å². The molecule has 2 aromatic carbocycles. The molecule has 0 aliphatic heterocycles. The zero-order valence-corrected chi connectivity index (χ0v) is 9.35. The highest BCUT2D eigenvalue weighted by Crippen LogP contribution is 2.18. The first-order chi connectivity index (χ1) is 7.77. The maximum absolute atomic E-state index is 6.00. The molecule has 2 rings (SSSR count). The van der Waals surface area contributed by atoms with Crippen molar-refractivity contribution >= 4 is 17.8 Å².